The third-order valence-electron chi connectivity index (χ3n) is 3.28. The van der Waals surface area contributed by atoms with Gasteiger partial charge in [0.05, 0.1) is 18.3 Å². The van der Waals surface area contributed by atoms with E-state index in [1.54, 1.807) is 6.07 Å². The SMILES string of the molecule is Fc1cccc(C2COC/C(=N/c3ccc(Br)cc3Br)N2)c1. The number of rotatable bonds is 2. The van der Waals surface area contributed by atoms with E-state index in [4.69, 9.17) is 4.74 Å². The quantitative estimate of drug-likeness (QED) is 0.750. The van der Waals surface area contributed by atoms with Gasteiger partial charge in [0.25, 0.3) is 0 Å². The standard InChI is InChI=1S/C16H13Br2FN2O/c17-11-4-5-14(13(18)7-11)20-16-9-22-8-15(21-16)10-2-1-3-12(19)6-10/h1-7,15H,8-9H2,(H,20,21). The van der Waals surface area contributed by atoms with Crippen molar-refractivity contribution < 1.29 is 9.13 Å². The Bertz CT molecular complexity index is 721. The van der Waals surface area contributed by atoms with Crippen LogP contribution in [-0.2, 0) is 4.74 Å². The Morgan fingerprint density at radius 3 is 2.82 bits per heavy atom. The molecule has 1 saturated heterocycles. The van der Waals surface area contributed by atoms with Gasteiger partial charge in [0.15, 0.2) is 0 Å². The number of hydrogen-bond donors (Lipinski definition) is 1. The molecule has 0 aromatic heterocycles. The summed E-state index contributed by atoms with van der Waals surface area (Å²) < 4.78 is 20.8. The Balaban J connectivity index is 1.82. The van der Waals surface area contributed by atoms with Gasteiger partial charge in [-0.05, 0) is 51.8 Å². The molecule has 0 radical (unpaired) electrons. The van der Waals surface area contributed by atoms with E-state index in [1.165, 1.54) is 12.1 Å². The number of ether oxygens (including phenoxy) is 1. The molecule has 1 aliphatic rings. The first kappa shape index (κ1) is 15.6. The Hall–Kier alpha value is -1.24. The molecule has 1 heterocycles. The monoisotopic (exact) mass is 426 g/mol. The fourth-order valence-corrected chi connectivity index (χ4v) is 3.38. The smallest absolute Gasteiger partial charge is 0.129 e. The number of aliphatic imine (C=N–C) groups is 1. The van der Waals surface area contributed by atoms with Crippen molar-refractivity contribution in [2.75, 3.05) is 13.2 Å². The average Bonchev–Trinajstić information content (AvgIpc) is 2.50. The van der Waals surface area contributed by atoms with Crippen molar-refractivity contribution in [1.29, 1.82) is 0 Å². The molecule has 2 aromatic rings. The molecule has 3 nitrogen and oxygen atoms in total. The largest absolute Gasteiger partial charge is 0.371 e. The van der Waals surface area contributed by atoms with Crippen molar-refractivity contribution in [3.05, 3.63) is 62.8 Å². The minimum Gasteiger partial charge on any atom is -0.371 e. The van der Waals surface area contributed by atoms with Crippen LogP contribution >= 0.6 is 31.9 Å². The number of nitrogens with zero attached hydrogens (tertiary/aromatic N) is 1. The molecule has 6 heteroatoms. The van der Waals surface area contributed by atoms with Gasteiger partial charge in [0.2, 0.25) is 0 Å². The molecular weight excluding hydrogens is 415 g/mol. The summed E-state index contributed by atoms with van der Waals surface area (Å²) in [5.41, 5.74) is 1.66. The molecule has 0 aliphatic carbocycles. The number of halogens is 3. The van der Waals surface area contributed by atoms with Crippen LogP contribution in [-0.4, -0.2) is 19.0 Å². The summed E-state index contributed by atoms with van der Waals surface area (Å²) in [5.74, 6) is 0.475. The Morgan fingerprint density at radius 2 is 2.05 bits per heavy atom. The first-order valence-electron chi connectivity index (χ1n) is 6.74. The zero-order chi connectivity index (χ0) is 15.5. The van der Waals surface area contributed by atoms with E-state index >= 15 is 0 Å². The molecule has 1 aliphatic heterocycles. The second kappa shape index (κ2) is 6.89. The zero-order valence-corrected chi connectivity index (χ0v) is 14.7. The second-order valence-electron chi connectivity index (χ2n) is 4.92. The van der Waals surface area contributed by atoms with E-state index in [-0.39, 0.29) is 11.9 Å². The number of hydrogen-bond acceptors (Lipinski definition) is 2. The predicted octanol–water partition coefficient (Wildman–Crippen LogP) is 4.74. The highest BCUT2D eigenvalue weighted by Crippen LogP contribution is 2.29. The summed E-state index contributed by atoms with van der Waals surface area (Å²) in [4.78, 5) is 4.58. The molecular formula is C16H13Br2FN2O. The lowest BCUT2D eigenvalue weighted by Crippen LogP contribution is -2.39. The third kappa shape index (κ3) is 3.74. The summed E-state index contributed by atoms with van der Waals surface area (Å²) in [6.45, 7) is 0.901. The van der Waals surface area contributed by atoms with Crippen LogP contribution in [0.1, 0.15) is 11.6 Å². The fraction of sp³-hybridized carbons (Fsp3) is 0.188. The van der Waals surface area contributed by atoms with Crippen LogP contribution in [0.4, 0.5) is 10.1 Å². The summed E-state index contributed by atoms with van der Waals surface area (Å²) >= 11 is 6.90. The average molecular weight is 428 g/mol. The highest BCUT2D eigenvalue weighted by Gasteiger charge is 2.19. The van der Waals surface area contributed by atoms with Gasteiger partial charge in [0.1, 0.15) is 18.3 Å². The number of nitrogens with one attached hydrogen (secondary N) is 1. The van der Waals surface area contributed by atoms with Gasteiger partial charge in [-0.25, -0.2) is 9.38 Å². The molecule has 0 bridgehead atoms. The normalized spacial score (nSPS) is 20.0. The van der Waals surface area contributed by atoms with Crippen molar-refractivity contribution >= 4 is 43.4 Å². The molecule has 22 heavy (non-hydrogen) atoms. The molecule has 1 fully saturated rings. The summed E-state index contributed by atoms with van der Waals surface area (Å²) in [6, 6.07) is 12.2. The van der Waals surface area contributed by atoms with Crippen LogP contribution in [0.3, 0.4) is 0 Å². The summed E-state index contributed by atoms with van der Waals surface area (Å²) in [6.07, 6.45) is 0. The van der Waals surface area contributed by atoms with Crippen molar-refractivity contribution in [3.63, 3.8) is 0 Å². The van der Waals surface area contributed by atoms with Gasteiger partial charge in [-0.3, -0.25) is 0 Å². The van der Waals surface area contributed by atoms with E-state index in [2.05, 4.69) is 42.2 Å². The maximum absolute atomic E-state index is 13.3. The molecule has 114 valence electrons. The van der Waals surface area contributed by atoms with Crippen LogP contribution in [0.5, 0.6) is 0 Å². The maximum atomic E-state index is 13.3. The van der Waals surface area contributed by atoms with Crippen molar-refractivity contribution in [2.24, 2.45) is 4.99 Å². The summed E-state index contributed by atoms with van der Waals surface area (Å²) in [5, 5.41) is 3.31. The van der Waals surface area contributed by atoms with Gasteiger partial charge in [-0.15, -0.1) is 0 Å². The van der Waals surface area contributed by atoms with E-state index in [1.807, 2.05) is 24.3 Å². The minimum absolute atomic E-state index is 0.0996. The minimum atomic E-state index is -0.251. The highest BCUT2D eigenvalue weighted by molar-refractivity contribution is 9.11. The molecule has 0 saturated carbocycles. The molecule has 1 N–H and O–H groups in total. The van der Waals surface area contributed by atoms with Gasteiger partial charge in [0, 0.05) is 8.95 Å². The van der Waals surface area contributed by atoms with Crippen LogP contribution < -0.4 is 5.32 Å². The molecule has 1 unspecified atom stereocenters. The van der Waals surface area contributed by atoms with Gasteiger partial charge < -0.3 is 10.1 Å². The van der Waals surface area contributed by atoms with E-state index in [9.17, 15) is 4.39 Å². The lowest BCUT2D eigenvalue weighted by molar-refractivity contribution is 0.128. The van der Waals surface area contributed by atoms with E-state index < -0.39 is 0 Å². The first-order valence-corrected chi connectivity index (χ1v) is 8.33. The van der Waals surface area contributed by atoms with Crippen LogP contribution in [0.25, 0.3) is 0 Å². The van der Waals surface area contributed by atoms with Gasteiger partial charge in [-0.1, -0.05) is 28.1 Å². The Morgan fingerprint density at radius 1 is 1.18 bits per heavy atom. The number of amidine groups is 1. The van der Waals surface area contributed by atoms with Crippen molar-refractivity contribution in [2.45, 2.75) is 6.04 Å². The van der Waals surface area contributed by atoms with Crippen LogP contribution in [0.15, 0.2) is 56.4 Å². The highest BCUT2D eigenvalue weighted by atomic mass is 79.9. The van der Waals surface area contributed by atoms with Crippen LogP contribution in [0.2, 0.25) is 0 Å². The molecule has 2 aromatic carbocycles. The van der Waals surface area contributed by atoms with Crippen molar-refractivity contribution in [3.8, 4) is 0 Å². The summed E-state index contributed by atoms with van der Waals surface area (Å²) in [7, 11) is 0. The Labute approximate surface area is 144 Å². The van der Waals surface area contributed by atoms with Gasteiger partial charge in [-0.2, -0.15) is 0 Å². The van der Waals surface area contributed by atoms with E-state index in [0.717, 1.165) is 26.0 Å². The fourth-order valence-electron chi connectivity index (χ4n) is 2.24. The van der Waals surface area contributed by atoms with Gasteiger partial charge >= 0.3 is 0 Å². The molecule has 0 amide bonds. The molecule has 3 rings (SSSR count). The lowest BCUT2D eigenvalue weighted by Gasteiger charge is -2.26. The van der Waals surface area contributed by atoms with Crippen molar-refractivity contribution in [1.82, 2.24) is 5.32 Å². The maximum Gasteiger partial charge on any atom is 0.129 e. The number of benzene rings is 2. The zero-order valence-electron chi connectivity index (χ0n) is 11.5. The topological polar surface area (TPSA) is 33.6 Å². The molecule has 1 atom stereocenters. The predicted molar refractivity (Wildman–Crippen MR) is 92.0 cm³/mol. The van der Waals surface area contributed by atoms with E-state index in [0.29, 0.717) is 13.2 Å². The Kier molecular flexibility index (Phi) is 4.90. The lowest BCUT2D eigenvalue weighted by atomic mass is 10.1. The third-order valence-corrected chi connectivity index (χ3v) is 4.41. The first-order chi connectivity index (χ1) is 10.6. The van der Waals surface area contributed by atoms with Crippen LogP contribution in [0, 0.1) is 5.82 Å². The second-order valence-corrected chi connectivity index (χ2v) is 6.69. The molecule has 0 spiro atoms. The number of morpholine rings is 1.